The Balaban J connectivity index is 3.03. The van der Waals surface area contributed by atoms with Gasteiger partial charge in [-0.15, -0.1) is 11.3 Å². The van der Waals surface area contributed by atoms with Crippen LogP contribution in [-0.2, 0) is 13.6 Å². The lowest BCUT2D eigenvalue weighted by Gasteiger charge is -2.18. The summed E-state index contributed by atoms with van der Waals surface area (Å²) in [4.78, 5) is 1.69. The lowest BCUT2D eigenvalue weighted by Crippen LogP contribution is -2.00. The van der Waals surface area contributed by atoms with Crippen molar-refractivity contribution >= 4 is 18.9 Å². The van der Waals surface area contributed by atoms with Crippen LogP contribution in [0.2, 0.25) is 0 Å². The van der Waals surface area contributed by atoms with Gasteiger partial charge in [0.05, 0.1) is 0 Å². The number of thiophene rings is 1. The highest BCUT2D eigenvalue weighted by atomic mass is 32.1. The number of rotatable bonds is 4. The zero-order valence-electron chi connectivity index (χ0n) is 9.18. The third-order valence-electron chi connectivity index (χ3n) is 2.25. The second-order valence-corrected chi connectivity index (χ2v) is 6.75. The van der Waals surface area contributed by atoms with Gasteiger partial charge in [0.15, 0.2) is 5.85 Å². The van der Waals surface area contributed by atoms with Crippen LogP contribution >= 0.6 is 18.9 Å². The molecule has 0 aliphatic rings. The lowest BCUT2D eigenvalue weighted by molar-refractivity contribution is 0.178. The van der Waals surface area contributed by atoms with Gasteiger partial charge in [-0.3, -0.25) is 4.57 Å². The summed E-state index contributed by atoms with van der Waals surface area (Å²) >= 11 is 1.40. The molecule has 0 fully saturated rings. The van der Waals surface area contributed by atoms with Gasteiger partial charge in [0, 0.05) is 24.0 Å². The highest BCUT2D eigenvalue weighted by molar-refractivity contribution is 7.54. The third kappa shape index (κ3) is 2.49. The van der Waals surface area contributed by atoms with Crippen LogP contribution in [-0.4, -0.2) is 19.3 Å². The number of aryl methyl sites for hydroxylation is 2. The van der Waals surface area contributed by atoms with Crippen molar-refractivity contribution in [2.24, 2.45) is 0 Å². The lowest BCUT2D eigenvalue weighted by atomic mass is 10.3. The molecule has 86 valence electrons. The van der Waals surface area contributed by atoms with E-state index in [1.165, 1.54) is 25.6 Å². The molecule has 0 aliphatic heterocycles. The maximum atomic E-state index is 11.9. The standard InChI is InChI=1S/C9H15O4PS/c1-6-5-8(15-7(6)2)9(10)14(11,12-3)13-4/h5,9-10H,1-4H3. The molecule has 1 aromatic rings. The summed E-state index contributed by atoms with van der Waals surface area (Å²) in [5.74, 6) is -1.20. The molecule has 1 aromatic heterocycles. The number of aliphatic hydroxyl groups is 1. The first-order valence-corrected chi connectivity index (χ1v) is 6.83. The fraction of sp³-hybridized carbons (Fsp3) is 0.556. The molecule has 1 rings (SSSR count). The quantitative estimate of drug-likeness (QED) is 0.835. The van der Waals surface area contributed by atoms with Crippen molar-refractivity contribution in [3.63, 3.8) is 0 Å². The van der Waals surface area contributed by atoms with Gasteiger partial charge < -0.3 is 14.2 Å². The van der Waals surface area contributed by atoms with Gasteiger partial charge in [-0.1, -0.05) is 0 Å². The van der Waals surface area contributed by atoms with E-state index in [2.05, 4.69) is 0 Å². The van der Waals surface area contributed by atoms with Crippen LogP contribution in [0.5, 0.6) is 0 Å². The maximum absolute atomic E-state index is 11.9. The van der Waals surface area contributed by atoms with Crippen LogP contribution < -0.4 is 0 Å². The van der Waals surface area contributed by atoms with E-state index in [0.29, 0.717) is 4.88 Å². The van der Waals surface area contributed by atoms with Crippen LogP contribution in [0.3, 0.4) is 0 Å². The Morgan fingerprint density at radius 1 is 1.40 bits per heavy atom. The Morgan fingerprint density at radius 3 is 2.27 bits per heavy atom. The monoisotopic (exact) mass is 250 g/mol. The Labute approximate surface area is 93.4 Å². The topological polar surface area (TPSA) is 55.8 Å². The molecule has 1 heterocycles. The highest BCUT2D eigenvalue weighted by Gasteiger charge is 2.34. The van der Waals surface area contributed by atoms with E-state index in [-0.39, 0.29) is 0 Å². The van der Waals surface area contributed by atoms with Gasteiger partial charge in [0.25, 0.3) is 0 Å². The van der Waals surface area contributed by atoms with Crippen molar-refractivity contribution in [2.45, 2.75) is 19.7 Å². The van der Waals surface area contributed by atoms with Crippen molar-refractivity contribution in [1.82, 2.24) is 0 Å². The zero-order chi connectivity index (χ0) is 11.6. The summed E-state index contributed by atoms with van der Waals surface area (Å²) in [6.07, 6.45) is 0. The summed E-state index contributed by atoms with van der Waals surface area (Å²) in [5.41, 5.74) is 1.06. The second kappa shape index (κ2) is 4.76. The molecule has 1 N–H and O–H groups in total. The number of aliphatic hydroxyl groups excluding tert-OH is 1. The summed E-state index contributed by atoms with van der Waals surface area (Å²) < 4.78 is 21.4. The van der Waals surface area contributed by atoms with E-state index in [4.69, 9.17) is 9.05 Å². The van der Waals surface area contributed by atoms with Crippen molar-refractivity contribution in [3.05, 3.63) is 21.4 Å². The van der Waals surface area contributed by atoms with Crippen LogP contribution in [0.4, 0.5) is 0 Å². The Kier molecular flexibility index (Phi) is 4.09. The average Bonchev–Trinajstić information content (AvgIpc) is 2.57. The summed E-state index contributed by atoms with van der Waals surface area (Å²) in [6, 6.07) is 1.80. The SMILES string of the molecule is COP(=O)(OC)C(O)c1cc(C)c(C)s1. The Morgan fingerprint density at radius 2 is 1.93 bits per heavy atom. The van der Waals surface area contributed by atoms with Gasteiger partial charge in [-0.05, 0) is 25.5 Å². The van der Waals surface area contributed by atoms with E-state index in [0.717, 1.165) is 10.4 Å². The number of hydrogen-bond donors (Lipinski definition) is 1. The van der Waals surface area contributed by atoms with Crippen LogP contribution in [0.1, 0.15) is 21.2 Å². The molecule has 1 atom stereocenters. The molecule has 0 aliphatic carbocycles. The molecule has 0 aromatic carbocycles. The summed E-state index contributed by atoms with van der Waals surface area (Å²) in [6.45, 7) is 3.88. The minimum atomic E-state index is -3.43. The zero-order valence-corrected chi connectivity index (χ0v) is 10.9. The van der Waals surface area contributed by atoms with Gasteiger partial charge in [-0.25, -0.2) is 0 Å². The van der Waals surface area contributed by atoms with E-state index < -0.39 is 13.4 Å². The summed E-state index contributed by atoms with van der Waals surface area (Å²) in [5, 5.41) is 9.87. The van der Waals surface area contributed by atoms with Crippen LogP contribution in [0.25, 0.3) is 0 Å². The van der Waals surface area contributed by atoms with Crippen LogP contribution in [0.15, 0.2) is 6.07 Å². The molecule has 0 saturated heterocycles. The molecule has 0 radical (unpaired) electrons. The smallest absolute Gasteiger partial charge is 0.363 e. The highest BCUT2D eigenvalue weighted by Crippen LogP contribution is 2.59. The second-order valence-electron chi connectivity index (χ2n) is 3.17. The van der Waals surface area contributed by atoms with Gasteiger partial charge in [0.2, 0.25) is 0 Å². The molecular weight excluding hydrogens is 235 g/mol. The molecule has 0 amide bonds. The first-order chi connectivity index (χ1) is 6.94. The molecule has 1 unspecified atom stereocenters. The van der Waals surface area contributed by atoms with Crippen molar-refractivity contribution in [3.8, 4) is 0 Å². The fourth-order valence-electron chi connectivity index (χ4n) is 1.16. The first kappa shape index (κ1) is 12.9. The minimum absolute atomic E-state index is 0.608. The normalized spacial score (nSPS) is 14.2. The van der Waals surface area contributed by atoms with Crippen LogP contribution in [0, 0.1) is 13.8 Å². The van der Waals surface area contributed by atoms with Crippen molar-refractivity contribution in [2.75, 3.05) is 14.2 Å². The van der Waals surface area contributed by atoms with E-state index in [1.807, 2.05) is 13.8 Å². The summed E-state index contributed by atoms with van der Waals surface area (Å²) in [7, 11) is -0.905. The Bertz CT molecular complexity index is 360. The van der Waals surface area contributed by atoms with E-state index in [9.17, 15) is 9.67 Å². The average molecular weight is 250 g/mol. The number of hydrogen-bond acceptors (Lipinski definition) is 5. The van der Waals surface area contributed by atoms with Crippen molar-refractivity contribution in [1.29, 1.82) is 0 Å². The first-order valence-electron chi connectivity index (χ1n) is 4.40. The van der Waals surface area contributed by atoms with Gasteiger partial charge in [0.1, 0.15) is 0 Å². The Hall–Kier alpha value is -0.190. The molecule has 15 heavy (non-hydrogen) atoms. The van der Waals surface area contributed by atoms with E-state index >= 15 is 0 Å². The fourth-order valence-corrected chi connectivity index (χ4v) is 3.55. The largest absolute Gasteiger partial charge is 0.376 e. The van der Waals surface area contributed by atoms with E-state index in [1.54, 1.807) is 6.07 Å². The maximum Gasteiger partial charge on any atom is 0.363 e. The molecule has 0 spiro atoms. The molecular formula is C9H15O4PS. The third-order valence-corrected chi connectivity index (χ3v) is 5.52. The van der Waals surface area contributed by atoms with Gasteiger partial charge >= 0.3 is 7.60 Å². The van der Waals surface area contributed by atoms with Gasteiger partial charge in [-0.2, -0.15) is 0 Å². The molecule has 0 saturated carbocycles. The molecule has 0 bridgehead atoms. The molecule has 4 nitrogen and oxygen atoms in total. The minimum Gasteiger partial charge on any atom is -0.376 e. The van der Waals surface area contributed by atoms with Crippen molar-refractivity contribution < 1.29 is 18.7 Å². The predicted molar refractivity (Wildman–Crippen MR) is 60.4 cm³/mol. The predicted octanol–water partition coefficient (Wildman–Crippen LogP) is 2.84. The molecule has 6 heteroatoms.